The smallest absolute Gasteiger partial charge is 0.181 e. The first-order valence-corrected chi connectivity index (χ1v) is 14.1. The van der Waals surface area contributed by atoms with E-state index < -0.39 is 5.60 Å². The molecule has 3 aliphatic rings. The highest BCUT2D eigenvalue weighted by atomic mass is 19.1. The molecule has 3 heterocycles. The number of ether oxygens (including phenoxy) is 2. The van der Waals surface area contributed by atoms with Gasteiger partial charge in [0.1, 0.15) is 23.4 Å². The summed E-state index contributed by atoms with van der Waals surface area (Å²) in [6.45, 7) is 6.97. The third-order valence-corrected chi connectivity index (χ3v) is 8.47. The summed E-state index contributed by atoms with van der Waals surface area (Å²) in [6, 6.07) is 20.0. The van der Waals surface area contributed by atoms with Crippen LogP contribution in [0.25, 0.3) is 0 Å². The van der Waals surface area contributed by atoms with Crippen LogP contribution in [0.1, 0.15) is 42.9 Å². The van der Waals surface area contributed by atoms with Crippen molar-refractivity contribution in [2.24, 2.45) is 5.92 Å². The second-order valence-electron chi connectivity index (χ2n) is 11.5. The fourth-order valence-corrected chi connectivity index (χ4v) is 6.21. The van der Waals surface area contributed by atoms with Gasteiger partial charge in [0, 0.05) is 18.5 Å². The van der Waals surface area contributed by atoms with E-state index in [2.05, 4.69) is 40.1 Å². The SMILES string of the molecule is CC(C)C1(Oc2cncnc2N2CC3(CC(NCc4ccc(C#N)cc4)CO3)C2)C=CC(F)=CC1c1ccccc1. The highest BCUT2D eigenvalue weighted by molar-refractivity contribution is 5.55. The summed E-state index contributed by atoms with van der Waals surface area (Å²) in [4.78, 5) is 11.1. The molecule has 1 N–H and O–H groups in total. The molecule has 3 atom stereocenters. The Bertz CT molecular complexity index is 1480. The summed E-state index contributed by atoms with van der Waals surface area (Å²) in [5.41, 5.74) is 1.74. The lowest BCUT2D eigenvalue weighted by molar-refractivity contribution is -0.0195. The monoisotopic (exact) mass is 551 g/mol. The van der Waals surface area contributed by atoms with Gasteiger partial charge in [0.15, 0.2) is 11.6 Å². The zero-order valence-corrected chi connectivity index (χ0v) is 23.3. The first-order valence-electron chi connectivity index (χ1n) is 14.1. The maximum Gasteiger partial charge on any atom is 0.181 e. The number of allylic oxidation sites excluding steroid dienone is 2. The molecular weight excluding hydrogens is 517 g/mol. The Balaban J connectivity index is 1.15. The summed E-state index contributed by atoms with van der Waals surface area (Å²) < 4.78 is 27.7. The van der Waals surface area contributed by atoms with Crippen LogP contribution in [0, 0.1) is 17.2 Å². The minimum atomic E-state index is -0.816. The Morgan fingerprint density at radius 3 is 2.68 bits per heavy atom. The van der Waals surface area contributed by atoms with Crippen molar-refractivity contribution in [3.8, 4) is 11.8 Å². The fourth-order valence-electron chi connectivity index (χ4n) is 6.21. The topological polar surface area (TPSA) is 83.3 Å². The first kappa shape index (κ1) is 27.1. The maximum absolute atomic E-state index is 14.6. The summed E-state index contributed by atoms with van der Waals surface area (Å²) in [5, 5.41) is 12.6. The molecule has 0 radical (unpaired) electrons. The van der Waals surface area contributed by atoms with E-state index in [1.54, 1.807) is 12.3 Å². The van der Waals surface area contributed by atoms with Crippen LogP contribution in [-0.4, -0.2) is 46.9 Å². The van der Waals surface area contributed by atoms with Gasteiger partial charge in [0.25, 0.3) is 0 Å². The molecule has 2 saturated heterocycles. The standard InChI is InChI=1S/C33H34FN5O2/c1-23(2)33(13-12-27(34)14-29(33)26-6-4-3-5-7-26)41-30-18-36-22-38-31(30)39-20-32(21-39)15-28(19-40-32)37-17-25-10-8-24(16-35)9-11-25/h3-14,18,22-23,28-29,37H,15,17,19-21H2,1-2H3. The number of hydrogen-bond donors (Lipinski definition) is 1. The fraction of sp³-hybridized carbons (Fsp3) is 0.364. The Morgan fingerprint density at radius 2 is 1.95 bits per heavy atom. The Labute approximate surface area is 240 Å². The maximum atomic E-state index is 14.6. The Hall–Kier alpha value is -4.06. The third kappa shape index (κ3) is 5.35. The van der Waals surface area contributed by atoms with Crippen molar-refractivity contribution in [3.05, 3.63) is 108 Å². The zero-order valence-electron chi connectivity index (χ0n) is 23.3. The minimum absolute atomic E-state index is 0.0326. The molecule has 3 aromatic rings. The van der Waals surface area contributed by atoms with Gasteiger partial charge in [0.05, 0.1) is 37.5 Å². The van der Waals surface area contributed by atoms with Gasteiger partial charge in [-0.2, -0.15) is 5.26 Å². The number of nitrogens with zero attached hydrogens (tertiary/aromatic N) is 4. The summed E-state index contributed by atoms with van der Waals surface area (Å²) in [5.74, 6) is 0.744. The second-order valence-corrected chi connectivity index (χ2v) is 11.5. The van der Waals surface area contributed by atoms with Crippen molar-refractivity contribution in [1.29, 1.82) is 5.26 Å². The lowest BCUT2D eigenvalue weighted by atomic mass is 9.72. The molecule has 41 heavy (non-hydrogen) atoms. The molecule has 8 heteroatoms. The summed E-state index contributed by atoms with van der Waals surface area (Å²) in [7, 11) is 0. The van der Waals surface area contributed by atoms with E-state index in [1.807, 2.05) is 60.7 Å². The molecule has 7 nitrogen and oxygen atoms in total. The van der Waals surface area contributed by atoms with E-state index in [1.165, 1.54) is 12.4 Å². The van der Waals surface area contributed by atoms with Gasteiger partial charge in [-0.1, -0.05) is 56.3 Å². The number of nitrogens with one attached hydrogen (secondary N) is 1. The van der Waals surface area contributed by atoms with Crippen molar-refractivity contribution in [1.82, 2.24) is 15.3 Å². The number of benzene rings is 2. The minimum Gasteiger partial charge on any atom is -0.476 e. The molecule has 3 unspecified atom stereocenters. The van der Waals surface area contributed by atoms with Crippen LogP contribution < -0.4 is 15.0 Å². The van der Waals surface area contributed by atoms with E-state index in [0.717, 1.165) is 29.9 Å². The predicted octanol–water partition coefficient (Wildman–Crippen LogP) is 5.47. The number of halogens is 1. The molecule has 0 saturated carbocycles. The van der Waals surface area contributed by atoms with Crippen LogP contribution in [0.4, 0.5) is 10.2 Å². The zero-order chi connectivity index (χ0) is 28.5. The molecule has 1 spiro atoms. The number of rotatable bonds is 8. The molecule has 0 amide bonds. The molecule has 210 valence electrons. The second kappa shape index (κ2) is 11.1. The van der Waals surface area contributed by atoms with Gasteiger partial charge in [0.2, 0.25) is 0 Å². The Morgan fingerprint density at radius 1 is 1.17 bits per heavy atom. The number of aromatic nitrogens is 2. The van der Waals surface area contributed by atoms with Gasteiger partial charge in [-0.15, -0.1) is 0 Å². The largest absolute Gasteiger partial charge is 0.476 e. The molecule has 1 aliphatic carbocycles. The lowest BCUT2D eigenvalue weighted by Gasteiger charge is -2.49. The van der Waals surface area contributed by atoms with E-state index >= 15 is 0 Å². The Kier molecular flexibility index (Phi) is 7.33. The summed E-state index contributed by atoms with van der Waals surface area (Å²) in [6.07, 6.45) is 9.15. The highest BCUT2D eigenvalue weighted by Gasteiger charge is 2.51. The molecule has 2 aliphatic heterocycles. The number of hydrogen-bond acceptors (Lipinski definition) is 7. The van der Waals surface area contributed by atoms with Crippen LogP contribution in [0.3, 0.4) is 0 Å². The lowest BCUT2D eigenvalue weighted by Crippen LogP contribution is -2.62. The van der Waals surface area contributed by atoms with E-state index in [-0.39, 0.29) is 29.3 Å². The third-order valence-electron chi connectivity index (χ3n) is 8.47. The molecule has 2 fully saturated rings. The van der Waals surface area contributed by atoms with Crippen molar-refractivity contribution >= 4 is 5.82 Å². The van der Waals surface area contributed by atoms with Gasteiger partial charge in [-0.3, -0.25) is 0 Å². The van der Waals surface area contributed by atoms with E-state index in [4.69, 9.17) is 14.7 Å². The first-order chi connectivity index (χ1) is 19.9. The van der Waals surface area contributed by atoms with Crippen LogP contribution >= 0.6 is 0 Å². The van der Waals surface area contributed by atoms with Crippen LogP contribution in [0.15, 0.2) is 91.2 Å². The van der Waals surface area contributed by atoms with Crippen molar-refractivity contribution < 1.29 is 13.9 Å². The number of nitriles is 1. The van der Waals surface area contributed by atoms with Gasteiger partial charge < -0.3 is 19.7 Å². The summed E-state index contributed by atoms with van der Waals surface area (Å²) >= 11 is 0. The highest BCUT2D eigenvalue weighted by Crippen LogP contribution is 2.47. The molecular formula is C33H34FN5O2. The molecule has 6 rings (SSSR count). The van der Waals surface area contributed by atoms with Gasteiger partial charge >= 0.3 is 0 Å². The van der Waals surface area contributed by atoms with Crippen LogP contribution in [0.2, 0.25) is 0 Å². The van der Waals surface area contributed by atoms with Crippen molar-refractivity contribution in [2.45, 2.75) is 50.0 Å². The van der Waals surface area contributed by atoms with Crippen LogP contribution in [-0.2, 0) is 11.3 Å². The van der Waals surface area contributed by atoms with E-state index in [9.17, 15) is 4.39 Å². The molecule has 2 aromatic carbocycles. The average Bonchev–Trinajstić information content (AvgIpc) is 3.42. The average molecular weight is 552 g/mol. The molecule has 1 aromatic heterocycles. The predicted molar refractivity (Wildman–Crippen MR) is 155 cm³/mol. The van der Waals surface area contributed by atoms with E-state index in [0.29, 0.717) is 31.0 Å². The van der Waals surface area contributed by atoms with Gasteiger partial charge in [-0.25, -0.2) is 14.4 Å². The normalized spacial score (nSPS) is 24.7. The number of anilines is 1. The van der Waals surface area contributed by atoms with Crippen LogP contribution in [0.5, 0.6) is 5.75 Å². The molecule has 0 bridgehead atoms. The quantitative estimate of drug-likeness (QED) is 0.398. The van der Waals surface area contributed by atoms with Gasteiger partial charge in [-0.05, 0) is 53.8 Å². The van der Waals surface area contributed by atoms with Crippen molar-refractivity contribution in [2.75, 3.05) is 24.6 Å². The van der Waals surface area contributed by atoms with Crippen molar-refractivity contribution in [3.63, 3.8) is 0 Å².